The monoisotopic (exact) mass is 339 g/mol. The van der Waals surface area contributed by atoms with Crippen molar-refractivity contribution in [1.82, 2.24) is 34.9 Å². The third kappa shape index (κ3) is 2.54. The van der Waals surface area contributed by atoms with Gasteiger partial charge in [-0.25, -0.2) is 0 Å². The molecule has 9 heteroatoms. The topological polar surface area (TPSA) is 90.0 Å². The number of hydrogen-bond donors (Lipinski definition) is 1. The number of nitrogens with zero attached hydrogens (tertiary/aromatic N) is 6. The minimum Gasteiger partial charge on any atom is -0.343 e. The minimum atomic E-state index is -0.221. The van der Waals surface area contributed by atoms with Gasteiger partial charge in [0.05, 0.1) is 11.4 Å². The maximum absolute atomic E-state index is 12.2. The summed E-state index contributed by atoms with van der Waals surface area (Å²) in [5.74, 6) is 0.347. The van der Waals surface area contributed by atoms with Gasteiger partial charge in [-0.1, -0.05) is 6.07 Å². The van der Waals surface area contributed by atoms with Crippen molar-refractivity contribution in [2.24, 2.45) is 7.05 Å². The first-order chi connectivity index (χ1) is 11.7. The van der Waals surface area contributed by atoms with Crippen molar-refractivity contribution < 1.29 is 4.79 Å². The van der Waals surface area contributed by atoms with E-state index in [-0.39, 0.29) is 12.5 Å². The van der Waals surface area contributed by atoms with Crippen molar-refractivity contribution in [2.75, 3.05) is 0 Å². The zero-order chi connectivity index (χ0) is 16.5. The molecule has 1 N–H and O–H groups in total. The molecule has 0 spiro atoms. The summed E-state index contributed by atoms with van der Waals surface area (Å²) in [6.45, 7) is 0.228. The molecule has 1 amide bonds. The molecule has 0 unspecified atom stereocenters. The Kier molecular flexibility index (Phi) is 3.54. The van der Waals surface area contributed by atoms with E-state index in [0.29, 0.717) is 17.2 Å². The summed E-state index contributed by atoms with van der Waals surface area (Å²) in [6.07, 6.45) is 1.58. The Morgan fingerprint density at radius 3 is 2.92 bits per heavy atom. The van der Waals surface area contributed by atoms with Gasteiger partial charge in [0, 0.05) is 13.2 Å². The van der Waals surface area contributed by atoms with Crippen LogP contribution in [0.4, 0.5) is 0 Å². The lowest BCUT2D eigenvalue weighted by molar-refractivity contribution is 0.0940. The quantitative estimate of drug-likeness (QED) is 0.609. The minimum absolute atomic E-state index is 0.221. The number of amides is 1. The van der Waals surface area contributed by atoms with Gasteiger partial charge in [-0.15, -0.1) is 21.5 Å². The number of fused-ring (bicyclic) bond motifs is 1. The van der Waals surface area contributed by atoms with E-state index >= 15 is 0 Å². The fraction of sp³-hybridized carbons (Fsp3) is 0.133. The zero-order valence-corrected chi connectivity index (χ0v) is 13.6. The molecule has 0 radical (unpaired) electrons. The summed E-state index contributed by atoms with van der Waals surface area (Å²) in [7, 11) is 1.72. The molecule has 0 saturated carbocycles. The molecule has 4 aromatic heterocycles. The molecule has 4 heterocycles. The maximum Gasteiger partial charge on any atom is 0.269 e. The molecule has 0 aliphatic heterocycles. The number of carbonyl (C=O) groups is 1. The molecule has 8 nitrogen and oxygen atoms in total. The van der Waals surface area contributed by atoms with E-state index in [1.54, 1.807) is 35.2 Å². The molecule has 0 bridgehead atoms. The molecule has 0 fully saturated rings. The fourth-order valence-corrected chi connectivity index (χ4v) is 3.04. The first-order valence-corrected chi connectivity index (χ1v) is 8.12. The Labute approximate surface area is 140 Å². The van der Waals surface area contributed by atoms with E-state index in [2.05, 4.69) is 25.7 Å². The van der Waals surface area contributed by atoms with Crippen molar-refractivity contribution in [3.8, 4) is 10.6 Å². The molecule has 120 valence electrons. The Bertz CT molecular complexity index is 1000. The zero-order valence-electron chi connectivity index (χ0n) is 12.7. The van der Waals surface area contributed by atoms with Crippen molar-refractivity contribution >= 4 is 22.9 Å². The number of nitrogens with one attached hydrogen (secondary N) is 1. The highest BCUT2D eigenvalue weighted by molar-refractivity contribution is 7.13. The first kappa shape index (κ1) is 14.5. The lowest BCUT2D eigenvalue weighted by atomic mass is 10.3. The molecule has 0 saturated heterocycles. The van der Waals surface area contributed by atoms with Gasteiger partial charge in [-0.3, -0.25) is 9.48 Å². The van der Waals surface area contributed by atoms with Crippen LogP contribution in [0.25, 0.3) is 16.2 Å². The van der Waals surface area contributed by atoms with Crippen LogP contribution >= 0.6 is 11.3 Å². The number of rotatable bonds is 4. The molecule has 0 aromatic carbocycles. The highest BCUT2D eigenvalue weighted by Gasteiger charge is 2.13. The maximum atomic E-state index is 12.2. The number of carbonyl (C=O) groups excluding carboxylic acids is 1. The number of hydrogen-bond acceptors (Lipinski definition) is 6. The van der Waals surface area contributed by atoms with E-state index < -0.39 is 0 Å². The van der Waals surface area contributed by atoms with Gasteiger partial charge in [0.1, 0.15) is 11.4 Å². The second-order valence-corrected chi connectivity index (χ2v) is 6.05. The smallest absolute Gasteiger partial charge is 0.269 e. The van der Waals surface area contributed by atoms with Crippen LogP contribution < -0.4 is 5.32 Å². The van der Waals surface area contributed by atoms with Crippen LogP contribution in [0.5, 0.6) is 0 Å². The summed E-state index contributed by atoms with van der Waals surface area (Å²) >= 11 is 1.62. The predicted octanol–water partition coefficient (Wildman–Crippen LogP) is 1.52. The predicted molar refractivity (Wildman–Crippen MR) is 88.5 cm³/mol. The Morgan fingerprint density at radius 2 is 2.17 bits per heavy atom. The van der Waals surface area contributed by atoms with Gasteiger partial charge >= 0.3 is 0 Å². The normalized spacial score (nSPS) is 11.0. The summed E-state index contributed by atoms with van der Waals surface area (Å²) in [6, 6.07) is 9.42. The third-order valence-electron chi connectivity index (χ3n) is 3.56. The molecule has 0 aliphatic carbocycles. The van der Waals surface area contributed by atoms with Gasteiger partial charge in [-0.05, 0) is 29.6 Å². The Hall–Kier alpha value is -3.07. The number of thiophene rings is 1. The molecule has 0 atom stereocenters. The summed E-state index contributed by atoms with van der Waals surface area (Å²) in [5.41, 5.74) is 1.97. The fourth-order valence-electron chi connectivity index (χ4n) is 2.35. The van der Waals surface area contributed by atoms with Crippen LogP contribution in [0.3, 0.4) is 0 Å². The Morgan fingerprint density at radius 1 is 1.25 bits per heavy atom. The van der Waals surface area contributed by atoms with Crippen LogP contribution in [-0.2, 0) is 13.6 Å². The average Bonchev–Trinajstić information content (AvgIpc) is 3.33. The lowest BCUT2D eigenvalue weighted by Crippen LogP contribution is -2.26. The number of aromatic nitrogens is 6. The standard InChI is InChI=1S/C15H13N7OS/c1-21-11(6-7-17-21)15(23)16-9-14-19-18-13-5-4-10(20-22(13)14)12-3-2-8-24-12/h2-8H,9H2,1H3,(H,16,23). The highest BCUT2D eigenvalue weighted by Crippen LogP contribution is 2.22. The van der Waals surface area contributed by atoms with Gasteiger partial charge in [0.25, 0.3) is 5.91 Å². The molecule has 4 aromatic rings. The molecule has 4 rings (SSSR count). The summed E-state index contributed by atoms with van der Waals surface area (Å²) < 4.78 is 3.17. The van der Waals surface area contributed by atoms with E-state index in [0.717, 1.165) is 10.6 Å². The lowest BCUT2D eigenvalue weighted by Gasteiger charge is -2.04. The van der Waals surface area contributed by atoms with Gasteiger partial charge in [0.2, 0.25) is 0 Å². The Balaban J connectivity index is 1.59. The second-order valence-electron chi connectivity index (χ2n) is 5.10. The highest BCUT2D eigenvalue weighted by atomic mass is 32.1. The van der Waals surface area contributed by atoms with Crippen LogP contribution in [0.15, 0.2) is 41.9 Å². The van der Waals surface area contributed by atoms with Crippen LogP contribution in [0, 0.1) is 0 Å². The third-order valence-corrected chi connectivity index (χ3v) is 4.45. The first-order valence-electron chi connectivity index (χ1n) is 7.24. The van der Waals surface area contributed by atoms with Crippen molar-refractivity contribution in [3.05, 3.63) is 53.4 Å². The van der Waals surface area contributed by atoms with Crippen LogP contribution in [0.2, 0.25) is 0 Å². The van der Waals surface area contributed by atoms with Crippen molar-refractivity contribution in [1.29, 1.82) is 0 Å². The van der Waals surface area contributed by atoms with E-state index in [9.17, 15) is 4.79 Å². The number of aryl methyl sites for hydroxylation is 1. The van der Waals surface area contributed by atoms with E-state index in [4.69, 9.17) is 0 Å². The van der Waals surface area contributed by atoms with E-state index in [1.807, 2.05) is 29.6 Å². The van der Waals surface area contributed by atoms with Crippen LogP contribution in [-0.4, -0.2) is 35.5 Å². The van der Waals surface area contributed by atoms with Gasteiger partial charge in [-0.2, -0.15) is 14.7 Å². The average molecular weight is 339 g/mol. The molecule has 0 aliphatic rings. The van der Waals surface area contributed by atoms with Crippen LogP contribution in [0.1, 0.15) is 16.3 Å². The summed E-state index contributed by atoms with van der Waals surface area (Å²) in [5, 5.41) is 21.6. The second kappa shape index (κ2) is 5.85. The largest absolute Gasteiger partial charge is 0.343 e. The molecule has 24 heavy (non-hydrogen) atoms. The van der Waals surface area contributed by atoms with Gasteiger partial charge < -0.3 is 5.32 Å². The van der Waals surface area contributed by atoms with E-state index in [1.165, 1.54) is 4.68 Å². The van der Waals surface area contributed by atoms with Gasteiger partial charge in [0.15, 0.2) is 11.5 Å². The molecular formula is C15H13N7OS. The SMILES string of the molecule is Cn1nccc1C(=O)NCc1nnc2ccc(-c3cccs3)nn12. The molecular weight excluding hydrogens is 326 g/mol. The summed E-state index contributed by atoms with van der Waals surface area (Å²) in [4.78, 5) is 13.2. The van der Waals surface area contributed by atoms with Crippen molar-refractivity contribution in [3.63, 3.8) is 0 Å². The van der Waals surface area contributed by atoms with Crippen molar-refractivity contribution in [2.45, 2.75) is 6.54 Å².